The molecule has 0 radical (unpaired) electrons. The quantitative estimate of drug-likeness (QED) is 0.805. The molecule has 1 saturated heterocycles. The Labute approximate surface area is 118 Å². The van der Waals surface area contributed by atoms with Crippen LogP contribution in [0.15, 0.2) is 22.7 Å². The van der Waals surface area contributed by atoms with Gasteiger partial charge in [0.1, 0.15) is 6.04 Å². The van der Waals surface area contributed by atoms with Crippen LogP contribution in [0.5, 0.6) is 0 Å². The molecule has 1 atom stereocenters. The minimum atomic E-state index is -0.655. The van der Waals surface area contributed by atoms with Crippen molar-refractivity contribution in [2.45, 2.75) is 25.8 Å². The van der Waals surface area contributed by atoms with Crippen LogP contribution in [0.2, 0.25) is 0 Å². The zero-order valence-corrected chi connectivity index (χ0v) is 11.9. The van der Waals surface area contributed by atoms with Gasteiger partial charge < -0.3 is 5.32 Å². The Kier molecular flexibility index (Phi) is 3.99. The summed E-state index contributed by atoms with van der Waals surface area (Å²) in [6, 6.07) is 4.75. The van der Waals surface area contributed by atoms with E-state index in [9.17, 15) is 14.4 Å². The van der Waals surface area contributed by atoms with E-state index in [1.807, 2.05) is 13.0 Å². The number of hydrogen-bond acceptors (Lipinski definition) is 3. The highest BCUT2D eigenvalue weighted by molar-refractivity contribution is 9.10. The summed E-state index contributed by atoms with van der Waals surface area (Å²) in [5.74, 6) is -1.08. The first kappa shape index (κ1) is 13.7. The zero-order chi connectivity index (χ0) is 14.0. The summed E-state index contributed by atoms with van der Waals surface area (Å²) in [5, 5.41) is 4.85. The molecule has 2 rings (SSSR count). The van der Waals surface area contributed by atoms with E-state index in [0.717, 1.165) is 5.56 Å². The fraction of sp³-hybridized carbons (Fsp3) is 0.308. The Morgan fingerprint density at radius 2 is 2.16 bits per heavy atom. The monoisotopic (exact) mass is 324 g/mol. The van der Waals surface area contributed by atoms with Crippen molar-refractivity contribution in [3.63, 3.8) is 0 Å². The van der Waals surface area contributed by atoms with Gasteiger partial charge in [-0.1, -0.05) is 11.6 Å². The number of halogens is 1. The molecule has 0 spiro atoms. The number of aryl methyl sites for hydroxylation is 1. The maximum absolute atomic E-state index is 12.1. The van der Waals surface area contributed by atoms with Gasteiger partial charge in [-0.2, -0.15) is 0 Å². The molecule has 6 heteroatoms. The molecule has 1 fully saturated rings. The zero-order valence-electron chi connectivity index (χ0n) is 10.3. The molecule has 1 aromatic rings. The molecule has 0 bridgehead atoms. The summed E-state index contributed by atoms with van der Waals surface area (Å²) >= 11 is 3.31. The summed E-state index contributed by atoms with van der Waals surface area (Å²) in [6.45, 7) is 1.88. The molecular formula is C13H13BrN2O3. The molecule has 1 aliphatic heterocycles. The van der Waals surface area contributed by atoms with Gasteiger partial charge in [0.2, 0.25) is 11.8 Å². The second kappa shape index (κ2) is 5.52. The van der Waals surface area contributed by atoms with Crippen molar-refractivity contribution < 1.29 is 14.4 Å². The smallest absolute Gasteiger partial charge is 0.253 e. The van der Waals surface area contributed by atoms with E-state index in [2.05, 4.69) is 26.6 Å². The van der Waals surface area contributed by atoms with Gasteiger partial charge in [-0.3, -0.25) is 19.7 Å². The number of hydrogen-bond donors (Lipinski definition) is 2. The average molecular weight is 325 g/mol. The normalized spacial score (nSPS) is 18.9. The van der Waals surface area contributed by atoms with Crippen LogP contribution in [0.4, 0.5) is 0 Å². The molecule has 0 saturated carbocycles. The topological polar surface area (TPSA) is 75.3 Å². The number of amides is 3. The standard InChI is InChI=1S/C13H13BrN2O3/c1-7-2-3-9(14)8(6-7)12(18)15-10-4-5-11(17)16-13(10)19/h2-3,6,10H,4-5H2,1H3,(H,15,18)(H,16,17,19). The van der Waals surface area contributed by atoms with E-state index in [0.29, 0.717) is 16.5 Å². The lowest BCUT2D eigenvalue weighted by molar-refractivity contribution is -0.134. The lowest BCUT2D eigenvalue weighted by Gasteiger charge is -2.22. The van der Waals surface area contributed by atoms with Crippen LogP contribution in [-0.4, -0.2) is 23.8 Å². The summed E-state index contributed by atoms with van der Waals surface area (Å²) in [7, 11) is 0. The first-order valence-electron chi connectivity index (χ1n) is 5.88. The van der Waals surface area contributed by atoms with E-state index < -0.39 is 11.9 Å². The molecule has 3 amide bonds. The molecule has 19 heavy (non-hydrogen) atoms. The summed E-state index contributed by atoms with van der Waals surface area (Å²) in [5.41, 5.74) is 1.43. The van der Waals surface area contributed by atoms with Gasteiger partial charge in [-0.05, 0) is 41.4 Å². The number of piperidine rings is 1. The van der Waals surface area contributed by atoms with Crippen LogP contribution >= 0.6 is 15.9 Å². The first-order valence-corrected chi connectivity index (χ1v) is 6.67. The fourth-order valence-corrected chi connectivity index (χ4v) is 2.31. The van der Waals surface area contributed by atoms with Crippen LogP contribution in [0.1, 0.15) is 28.8 Å². The van der Waals surface area contributed by atoms with Crippen LogP contribution < -0.4 is 10.6 Å². The molecule has 2 N–H and O–H groups in total. The molecule has 1 heterocycles. The molecule has 0 aromatic heterocycles. The Bertz CT molecular complexity index is 557. The Balaban J connectivity index is 2.11. The van der Waals surface area contributed by atoms with Crippen molar-refractivity contribution in [3.8, 4) is 0 Å². The lowest BCUT2D eigenvalue weighted by atomic mass is 10.1. The lowest BCUT2D eigenvalue weighted by Crippen LogP contribution is -2.52. The van der Waals surface area contributed by atoms with Crippen molar-refractivity contribution in [2.24, 2.45) is 0 Å². The molecule has 1 aliphatic rings. The van der Waals surface area contributed by atoms with Crippen molar-refractivity contribution in [3.05, 3.63) is 33.8 Å². The van der Waals surface area contributed by atoms with Gasteiger partial charge in [0.15, 0.2) is 0 Å². The number of nitrogens with one attached hydrogen (secondary N) is 2. The number of imide groups is 1. The predicted octanol–water partition coefficient (Wildman–Crippen LogP) is 1.29. The minimum absolute atomic E-state index is 0.242. The molecule has 1 unspecified atom stereocenters. The summed E-state index contributed by atoms with van der Waals surface area (Å²) in [4.78, 5) is 34.7. The van der Waals surface area contributed by atoms with Gasteiger partial charge in [0.05, 0.1) is 5.56 Å². The van der Waals surface area contributed by atoms with Crippen molar-refractivity contribution in [1.82, 2.24) is 10.6 Å². The summed E-state index contributed by atoms with van der Waals surface area (Å²) < 4.78 is 0.669. The van der Waals surface area contributed by atoms with Gasteiger partial charge >= 0.3 is 0 Å². The van der Waals surface area contributed by atoms with Crippen molar-refractivity contribution in [2.75, 3.05) is 0 Å². The van der Waals surface area contributed by atoms with Crippen LogP contribution in [0.25, 0.3) is 0 Å². The van der Waals surface area contributed by atoms with Gasteiger partial charge in [0, 0.05) is 10.9 Å². The number of carbonyl (C=O) groups excluding carboxylic acids is 3. The highest BCUT2D eigenvalue weighted by Crippen LogP contribution is 2.18. The summed E-state index contributed by atoms with van der Waals surface area (Å²) in [6.07, 6.45) is 0.575. The third-order valence-electron chi connectivity index (χ3n) is 2.91. The van der Waals surface area contributed by atoms with E-state index in [1.165, 1.54) is 0 Å². The van der Waals surface area contributed by atoms with Crippen LogP contribution in [-0.2, 0) is 9.59 Å². The minimum Gasteiger partial charge on any atom is -0.340 e. The number of benzene rings is 1. The highest BCUT2D eigenvalue weighted by Gasteiger charge is 2.28. The van der Waals surface area contributed by atoms with Crippen molar-refractivity contribution >= 4 is 33.7 Å². The highest BCUT2D eigenvalue weighted by atomic mass is 79.9. The van der Waals surface area contributed by atoms with Crippen LogP contribution in [0, 0.1) is 6.92 Å². The SMILES string of the molecule is Cc1ccc(Br)c(C(=O)NC2CCC(=O)NC2=O)c1. The first-order chi connectivity index (χ1) is 8.97. The second-order valence-electron chi connectivity index (χ2n) is 4.46. The van der Waals surface area contributed by atoms with E-state index >= 15 is 0 Å². The fourth-order valence-electron chi connectivity index (χ4n) is 1.88. The van der Waals surface area contributed by atoms with Crippen molar-refractivity contribution in [1.29, 1.82) is 0 Å². The molecule has 0 aliphatic carbocycles. The Morgan fingerprint density at radius 3 is 2.84 bits per heavy atom. The predicted molar refractivity (Wildman–Crippen MR) is 72.5 cm³/mol. The third kappa shape index (κ3) is 3.20. The van der Waals surface area contributed by atoms with Gasteiger partial charge in [-0.25, -0.2) is 0 Å². The maximum atomic E-state index is 12.1. The Hall–Kier alpha value is -1.69. The Morgan fingerprint density at radius 1 is 1.42 bits per heavy atom. The molecule has 5 nitrogen and oxygen atoms in total. The maximum Gasteiger partial charge on any atom is 0.253 e. The molecule has 100 valence electrons. The average Bonchev–Trinajstić information content (AvgIpc) is 2.35. The largest absolute Gasteiger partial charge is 0.340 e. The third-order valence-corrected chi connectivity index (χ3v) is 3.60. The second-order valence-corrected chi connectivity index (χ2v) is 5.31. The molecular weight excluding hydrogens is 312 g/mol. The van der Waals surface area contributed by atoms with E-state index in [-0.39, 0.29) is 18.2 Å². The van der Waals surface area contributed by atoms with E-state index in [4.69, 9.17) is 0 Å². The van der Waals surface area contributed by atoms with Gasteiger partial charge in [0.25, 0.3) is 5.91 Å². The van der Waals surface area contributed by atoms with Gasteiger partial charge in [-0.15, -0.1) is 0 Å². The van der Waals surface area contributed by atoms with Crippen LogP contribution in [0.3, 0.4) is 0 Å². The number of carbonyl (C=O) groups is 3. The molecule has 1 aromatic carbocycles. The number of rotatable bonds is 2. The van der Waals surface area contributed by atoms with E-state index in [1.54, 1.807) is 12.1 Å².